The first kappa shape index (κ1) is 13.5. The highest BCUT2D eigenvalue weighted by atomic mass is 16.6. The number of hydrogen-bond acceptors (Lipinski definition) is 5. The SMILES string of the molecule is Cc1ccc(C=CC(=O)Nc2ccc([N+](=O)[O-])cn2)o1. The summed E-state index contributed by atoms with van der Waals surface area (Å²) in [7, 11) is 0. The molecule has 1 N–H and O–H groups in total. The number of nitrogens with one attached hydrogen (secondary N) is 1. The number of hydrogen-bond donors (Lipinski definition) is 1. The highest BCUT2D eigenvalue weighted by molar-refractivity contribution is 6.01. The van der Waals surface area contributed by atoms with E-state index < -0.39 is 10.8 Å². The van der Waals surface area contributed by atoms with Crippen LogP contribution in [-0.4, -0.2) is 15.8 Å². The molecule has 0 aliphatic heterocycles. The van der Waals surface area contributed by atoms with Crippen LogP contribution in [0.15, 0.2) is 41.0 Å². The van der Waals surface area contributed by atoms with Crippen molar-refractivity contribution in [2.75, 3.05) is 5.32 Å². The molecule has 0 saturated heterocycles. The molecule has 2 aromatic rings. The predicted molar refractivity (Wildman–Crippen MR) is 72.0 cm³/mol. The monoisotopic (exact) mass is 273 g/mol. The van der Waals surface area contributed by atoms with E-state index in [2.05, 4.69) is 10.3 Å². The number of carbonyl (C=O) groups is 1. The Balaban J connectivity index is 1.97. The molecule has 1 amide bonds. The summed E-state index contributed by atoms with van der Waals surface area (Å²) in [5.74, 6) is 1.15. The van der Waals surface area contributed by atoms with Gasteiger partial charge in [0.25, 0.3) is 5.69 Å². The van der Waals surface area contributed by atoms with Crippen molar-refractivity contribution in [2.45, 2.75) is 6.92 Å². The van der Waals surface area contributed by atoms with Gasteiger partial charge in [0.2, 0.25) is 5.91 Å². The van der Waals surface area contributed by atoms with Crippen LogP contribution in [0.2, 0.25) is 0 Å². The van der Waals surface area contributed by atoms with Crippen LogP contribution in [0.3, 0.4) is 0 Å². The molecule has 0 aliphatic rings. The van der Waals surface area contributed by atoms with Crippen molar-refractivity contribution >= 4 is 23.5 Å². The maximum atomic E-state index is 11.6. The van der Waals surface area contributed by atoms with Crippen molar-refractivity contribution in [1.29, 1.82) is 0 Å². The number of aryl methyl sites for hydroxylation is 1. The maximum absolute atomic E-state index is 11.6. The Morgan fingerprint density at radius 1 is 1.40 bits per heavy atom. The number of rotatable bonds is 4. The van der Waals surface area contributed by atoms with E-state index in [1.807, 2.05) is 0 Å². The van der Waals surface area contributed by atoms with E-state index >= 15 is 0 Å². The third-order valence-electron chi connectivity index (χ3n) is 2.37. The molecule has 0 unspecified atom stereocenters. The Hall–Kier alpha value is -2.96. The van der Waals surface area contributed by atoms with Crippen LogP contribution in [0.5, 0.6) is 0 Å². The molecular formula is C13H11N3O4. The number of anilines is 1. The van der Waals surface area contributed by atoms with Gasteiger partial charge in [0.05, 0.1) is 4.92 Å². The summed E-state index contributed by atoms with van der Waals surface area (Å²) in [4.78, 5) is 25.3. The Kier molecular flexibility index (Phi) is 3.90. The van der Waals surface area contributed by atoms with Crippen LogP contribution < -0.4 is 5.32 Å². The van der Waals surface area contributed by atoms with E-state index in [4.69, 9.17) is 4.42 Å². The second kappa shape index (κ2) is 5.79. The number of amides is 1. The largest absolute Gasteiger partial charge is 0.462 e. The zero-order valence-electron chi connectivity index (χ0n) is 10.6. The zero-order chi connectivity index (χ0) is 14.5. The Bertz CT molecular complexity index is 659. The normalized spacial score (nSPS) is 10.7. The van der Waals surface area contributed by atoms with E-state index in [1.54, 1.807) is 19.1 Å². The van der Waals surface area contributed by atoms with Crippen molar-refractivity contribution in [2.24, 2.45) is 0 Å². The zero-order valence-corrected chi connectivity index (χ0v) is 10.6. The minimum absolute atomic E-state index is 0.135. The van der Waals surface area contributed by atoms with E-state index in [0.29, 0.717) is 5.76 Å². The van der Waals surface area contributed by atoms with Gasteiger partial charge in [-0.1, -0.05) is 0 Å². The van der Waals surface area contributed by atoms with E-state index in [-0.39, 0.29) is 11.5 Å². The first-order valence-corrected chi connectivity index (χ1v) is 5.70. The lowest BCUT2D eigenvalue weighted by Crippen LogP contribution is -2.09. The molecule has 2 heterocycles. The predicted octanol–water partition coefficient (Wildman–Crippen LogP) is 2.54. The molecular weight excluding hydrogens is 262 g/mol. The number of pyridine rings is 1. The van der Waals surface area contributed by atoms with Gasteiger partial charge in [-0.05, 0) is 31.2 Å². The second-order valence-electron chi connectivity index (χ2n) is 3.93. The fraction of sp³-hybridized carbons (Fsp3) is 0.0769. The number of nitrogens with zero attached hydrogens (tertiary/aromatic N) is 2. The molecule has 102 valence electrons. The van der Waals surface area contributed by atoms with Gasteiger partial charge in [0.15, 0.2) is 0 Å². The van der Waals surface area contributed by atoms with Gasteiger partial charge in [0, 0.05) is 12.1 Å². The van der Waals surface area contributed by atoms with Crippen LogP contribution in [-0.2, 0) is 4.79 Å². The lowest BCUT2D eigenvalue weighted by molar-refractivity contribution is -0.385. The first-order valence-electron chi connectivity index (χ1n) is 5.70. The van der Waals surface area contributed by atoms with Gasteiger partial charge >= 0.3 is 0 Å². The quantitative estimate of drug-likeness (QED) is 0.524. The minimum atomic E-state index is -0.558. The standard InChI is InChI=1S/C13H11N3O4/c1-9-2-4-11(20-9)5-7-13(17)15-12-6-3-10(8-14-12)16(18)19/h2-8H,1H3,(H,14,15,17). The molecule has 2 rings (SSSR count). The van der Waals surface area contributed by atoms with Gasteiger partial charge in [-0.25, -0.2) is 4.98 Å². The van der Waals surface area contributed by atoms with Gasteiger partial charge in [0.1, 0.15) is 23.5 Å². The Labute approximate surface area is 114 Å². The van der Waals surface area contributed by atoms with Crippen LogP contribution in [0.25, 0.3) is 6.08 Å². The number of carbonyl (C=O) groups excluding carboxylic acids is 1. The van der Waals surface area contributed by atoms with Gasteiger partial charge in [-0.2, -0.15) is 0 Å². The summed E-state index contributed by atoms with van der Waals surface area (Å²) in [6, 6.07) is 6.15. The Morgan fingerprint density at radius 3 is 2.75 bits per heavy atom. The summed E-state index contributed by atoms with van der Waals surface area (Å²) in [5, 5.41) is 12.9. The fourth-order valence-electron chi connectivity index (χ4n) is 1.44. The molecule has 7 nitrogen and oxygen atoms in total. The molecule has 0 bridgehead atoms. The Morgan fingerprint density at radius 2 is 2.20 bits per heavy atom. The summed E-state index contributed by atoms with van der Waals surface area (Å²) in [5.41, 5.74) is -0.135. The topological polar surface area (TPSA) is 98.3 Å². The number of nitro groups is 1. The maximum Gasteiger partial charge on any atom is 0.287 e. The molecule has 0 radical (unpaired) electrons. The fourth-order valence-corrected chi connectivity index (χ4v) is 1.44. The smallest absolute Gasteiger partial charge is 0.287 e. The third-order valence-corrected chi connectivity index (χ3v) is 2.37. The average Bonchev–Trinajstić information content (AvgIpc) is 2.83. The molecule has 7 heteroatoms. The van der Waals surface area contributed by atoms with Crippen LogP contribution in [0.1, 0.15) is 11.5 Å². The van der Waals surface area contributed by atoms with Crippen molar-refractivity contribution in [3.8, 4) is 0 Å². The molecule has 0 spiro atoms. The molecule has 0 fully saturated rings. The number of furan rings is 1. The van der Waals surface area contributed by atoms with Crippen molar-refractivity contribution in [3.05, 3.63) is 58.2 Å². The highest BCUT2D eigenvalue weighted by Crippen LogP contribution is 2.12. The highest BCUT2D eigenvalue weighted by Gasteiger charge is 2.06. The van der Waals surface area contributed by atoms with Crippen LogP contribution >= 0.6 is 0 Å². The molecule has 0 aromatic carbocycles. The summed E-state index contributed by atoms with van der Waals surface area (Å²) >= 11 is 0. The average molecular weight is 273 g/mol. The summed E-state index contributed by atoms with van der Waals surface area (Å²) in [6.07, 6.45) is 3.89. The number of aromatic nitrogens is 1. The van der Waals surface area contributed by atoms with E-state index in [9.17, 15) is 14.9 Å². The molecule has 2 aromatic heterocycles. The van der Waals surface area contributed by atoms with Crippen molar-refractivity contribution in [3.63, 3.8) is 0 Å². The van der Waals surface area contributed by atoms with Crippen LogP contribution in [0.4, 0.5) is 11.5 Å². The lowest BCUT2D eigenvalue weighted by atomic mass is 10.3. The van der Waals surface area contributed by atoms with E-state index in [0.717, 1.165) is 12.0 Å². The van der Waals surface area contributed by atoms with Gasteiger partial charge < -0.3 is 9.73 Å². The van der Waals surface area contributed by atoms with Gasteiger partial charge in [-0.15, -0.1) is 0 Å². The first-order chi connectivity index (χ1) is 9.54. The van der Waals surface area contributed by atoms with Crippen molar-refractivity contribution < 1.29 is 14.1 Å². The minimum Gasteiger partial charge on any atom is -0.462 e. The van der Waals surface area contributed by atoms with Crippen molar-refractivity contribution in [1.82, 2.24) is 4.98 Å². The van der Waals surface area contributed by atoms with Crippen LogP contribution in [0, 0.1) is 17.0 Å². The summed E-state index contributed by atoms with van der Waals surface area (Å²) < 4.78 is 5.27. The second-order valence-corrected chi connectivity index (χ2v) is 3.93. The molecule has 20 heavy (non-hydrogen) atoms. The van der Waals surface area contributed by atoms with E-state index in [1.165, 1.54) is 24.3 Å². The molecule has 0 aliphatic carbocycles. The molecule has 0 saturated carbocycles. The third kappa shape index (κ3) is 3.52. The lowest BCUT2D eigenvalue weighted by Gasteiger charge is -1.99. The summed E-state index contributed by atoms with van der Waals surface area (Å²) in [6.45, 7) is 1.80. The molecule has 0 atom stereocenters. The van der Waals surface area contributed by atoms with Gasteiger partial charge in [-0.3, -0.25) is 14.9 Å².